The number of anilines is 1. The molecule has 3 nitrogen and oxygen atoms in total. The van der Waals surface area contributed by atoms with Crippen molar-refractivity contribution in [2.45, 2.75) is 6.54 Å². The molecule has 1 aromatic carbocycles. The van der Waals surface area contributed by atoms with Crippen molar-refractivity contribution in [1.82, 2.24) is 4.98 Å². The first kappa shape index (κ1) is 15.2. The lowest BCUT2D eigenvalue weighted by Crippen LogP contribution is -2.21. The van der Waals surface area contributed by atoms with Crippen molar-refractivity contribution in [2.75, 3.05) is 4.90 Å². The molecule has 6 heteroatoms. The highest BCUT2D eigenvalue weighted by atomic mass is 35.5. The van der Waals surface area contributed by atoms with Gasteiger partial charge in [-0.25, -0.2) is 13.8 Å². The number of rotatable bonds is 2. The van der Waals surface area contributed by atoms with Crippen LogP contribution in [0, 0.1) is 23.0 Å². The molecular formula is C17H10ClF2N3. The van der Waals surface area contributed by atoms with Gasteiger partial charge in [-0.3, -0.25) is 0 Å². The van der Waals surface area contributed by atoms with Gasteiger partial charge in [0.25, 0.3) is 0 Å². The molecule has 0 fully saturated rings. The van der Waals surface area contributed by atoms with Gasteiger partial charge in [0, 0.05) is 30.6 Å². The van der Waals surface area contributed by atoms with Crippen LogP contribution in [-0.2, 0) is 6.54 Å². The van der Waals surface area contributed by atoms with E-state index in [4.69, 9.17) is 11.6 Å². The third-order valence-corrected chi connectivity index (χ3v) is 3.77. The summed E-state index contributed by atoms with van der Waals surface area (Å²) in [5.74, 6) is -1.93. The zero-order valence-electron chi connectivity index (χ0n) is 11.9. The Morgan fingerprint density at radius 1 is 1.26 bits per heavy atom. The summed E-state index contributed by atoms with van der Waals surface area (Å²) >= 11 is 5.76. The molecule has 0 unspecified atom stereocenters. The second kappa shape index (κ2) is 5.82. The van der Waals surface area contributed by atoms with Crippen molar-refractivity contribution in [3.8, 4) is 6.07 Å². The Hall–Kier alpha value is -2.71. The molecule has 3 rings (SSSR count). The summed E-state index contributed by atoms with van der Waals surface area (Å²) in [4.78, 5) is 5.65. The lowest BCUT2D eigenvalue weighted by atomic mass is 9.95. The fourth-order valence-corrected chi connectivity index (χ4v) is 2.50. The molecule has 0 saturated carbocycles. The third-order valence-electron chi connectivity index (χ3n) is 3.55. The first-order valence-corrected chi connectivity index (χ1v) is 7.05. The normalized spacial score (nSPS) is 13.4. The molecule has 0 radical (unpaired) electrons. The highest BCUT2D eigenvalue weighted by molar-refractivity contribution is 6.29. The van der Waals surface area contributed by atoms with Gasteiger partial charge in [0.2, 0.25) is 0 Å². The lowest BCUT2D eigenvalue weighted by Gasteiger charge is -2.29. The van der Waals surface area contributed by atoms with Crippen LogP contribution in [0.2, 0.25) is 5.15 Å². The highest BCUT2D eigenvalue weighted by Crippen LogP contribution is 2.37. The number of hydrogen-bond donors (Lipinski definition) is 0. The fourth-order valence-electron chi connectivity index (χ4n) is 2.39. The van der Waals surface area contributed by atoms with Gasteiger partial charge in [0.1, 0.15) is 11.2 Å². The molecule has 0 saturated heterocycles. The summed E-state index contributed by atoms with van der Waals surface area (Å²) in [6.45, 7) is 4.13. The lowest BCUT2D eigenvalue weighted by molar-refractivity contribution is 0.508. The van der Waals surface area contributed by atoms with Crippen LogP contribution in [0.4, 0.5) is 14.5 Å². The van der Waals surface area contributed by atoms with E-state index in [1.807, 2.05) is 6.07 Å². The minimum atomic E-state index is -0.975. The number of pyridine rings is 1. The van der Waals surface area contributed by atoms with Crippen LogP contribution in [0.5, 0.6) is 0 Å². The Bertz CT molecular complexity index is 867. The van der Waals surface area contributed by atoms with E-state index in [0.717, 1.165) is 17.7 Å². The minimum absolute atomic E-state index is 0.297. The monoisotopic (exact) mass is 329 g/mol. The van der Waals surface area contributed by atoms with E-state index in [0.29, 0.717) is 34.1 Å². The molecule has 0 N–H and O–H groups in total. The Morgan fingerprint density at radius 2 is 2.00 bits per heavy atom. The van der Waals surface area contributed by atoms with Crippen LogP contribution in [0.15, 0.2) is 48.8 Å². The van der Waals surface area contributed by atoms with Crippen LogP contribution in [0.1, 0.15) is 11.1 Å². The van der Waals surface area contributed by atoms with Crippen molar-refractivity contribution >= 4 is 22.9 Å². The van der Waals surface area contributed by atoms with Crippen molar-refractivity contribution in [1.29, 1.82) is 5.26 Å². The van der Waals surface area contributed by atoms with Crippen molar-refractivity contribution < 1.29 is 8.78 Å². The highest BCUT2D eigenvalue weighted by Gasteiger charge is 2.23. The first-order chi connectivity index (χ1) is 11.0. The predicted molar refractivity (Wildman–Crippen MR) is 84.5 cm³/mol. The Morgan fingerprint density at radius 3 is 2.65 bits per heavy atom. The van der Waals surface area contributed by atoms with Gasteiger partial charge in [-0.05, 0) is 23.3 Å². The van der Waals surface area contributed by atoms with Gasteiger partial charge < -0.3 is 4.90 Å². The van der Waals surface area contributed by atoms with E-state index < -0.39 is 11.6 Å². The number of fused-ring (bicyclic) bond motifs is 1. The summed E-state index contributed by atoms with van der Waals surface area (Å²) in [5, 5.41) is 9.59. The van der Waals surface area contributed by atoms with Gasteiger partial charge in [-0.15, -0.1) is 0 Å². The van der Waals surface area contributed by atoms with Crippen LogP contribution in [-0.4, -0.2) is 4.98 Å². The Labute approximate surface area is 136 Å². The maximum Gasteiger partial charge on any atom is 0.160 e. The molecule has 1 aliphatic rings. The summed E-state index contributed by atoms with van der Waals surface area (Å²) in [7, 11) is 0. The quantitative estimate of drug-likeness (QED) is 0.764. The fraction of sp³-hybridized carbons (Fsp3) is 0.0588. The third kappa shape index (κ3) is 2.81. The zero-order valence-corrected chi connectivity index (χ0v) is 12.6. The largest absolute Gasteiger partial charge is 0.342 e. The zero-order chi connectivity index (χ0) is 16.6. The Balaban J connectivity index is 2.07. The van der Waals surface area contributed by atoms with Crippen LogP contribution in [0.3, 0.4) is 0 Å². The van der Waals surface area contributed by atoms with Gasteiger partial charge >= 0.3 is 0 Å². The Kier molecular flexibility index (Phi) is 3.85. The molecule has 0 spiro atoms. The SMILES string of the molecule is C=C1C(C#N)=CN(Cc2ccc(Cl)nc2)c2cc(F)c(F)cc21. The van der Waals surface area contributed by atoms with E-state index in [9.17, 15) is 14.0 Å². The van der Waals surface area contributed by atoms with Crippen molar-refractivity contribution in [2.24, 2.45) is 0 Å². The minimum Gasteiger partial charge on any atom is -0.342 e. The standard InChI is InChI=1S/C17H10ClF2N3/c1-10-12(6-21)9-23(8-11-2-3-17(18)22-7-11)16-5-15(20)14(19)4-13(10)16/h2-5,7,9H,1,8H2. The number of halogens is 3. The molecule has 1 aromatic heterocycles. The van der Waals surface area contributed by atoms with Gasteiger partial charge in [-0.2, -0.15) is 5.26 Å². The maximum atomic E-state index is 13.6. The van der Waals surface area contributed by atoms with E-state index in [2.05, 4.69) is 11.6 Å². The first-order valence-electron chi connectivity index (χ1n) is 6.67. The molecule has 23 heavy (non-hydrogen) atoms. The van der Waals surface area contributed by atoms with E-state index >= 15 is 0 Å². The molecule has 2 aromatic rings. The average Bonchev–Trinajstić information content (AvgIpc) is 2.54. The maximum absolute atomic E-state index is 13.6. The molecule has 2 heterocycles. The number of nitriles is 1. The number of allylic oxidation sites excluding steroid dienone is 2. The summed E-state index contributed by atoms with van der Waals surface area (Å²) < 4.78 is 27.2. The van der Waals surface area contributed by atoms with Crippen LogP contribution < -0.4 is 4.90 Å². The number of aromatic nitrogens is 1. The van der Waals surface area contributed by atoms with Crippen molar-refractivity contribution in [3.63, 3.8) is 0 Å². The molecule has 0 atom stereocenters. The molecule has 0 amide bonds. The molecule has 1 aliphatic heterocycles. The number of benzene rings is 1. The predicted octanol–water partition coefficient (Wildman–Crippen LogP) is 4.45. The molecule has 114 valence electrons. The van der Waals surface area contributed by atoms with Gasteiger partial charge in [-0.1, -0.05) is 24.2 Å². The van der Waals surface area contributed by atoms with Crippen LogP contribution in [0.25, 0.3) is 5.57 Å². The molecule has 0 aliphatic carbocycles. The number of hydrogen-bond acceptors (Lipinski definition) is 3. The topological polar surface area (TPSA) is 39.9 Å². The molecular weight excluding hydrogens is 320 g/mol. The van der Waals surface area contributed by atoms with E-state index in [1.165, 1.54) is 0 Å². The summed E-state index contributed by atoms with van der Waals surface area (Å²) in [5.41, 5.74) is 2.32. The van der Waals surface area contributed by atoms with Crippen LogP contribution >= 0.6 is 11.6 Å². The smallest absolute Gasteiger partial charge is 0.160 e. The second-order valence-corrected chi connectivity index (χ2v) is 5.42. The van der Waals surface area contributed by atoms with E-state index in [-0.39, 0.29) is 0 Å². The number of nitrogens with zero attached hydrogens (tertiary/aromatic N) is 3. The van der Waals surface area contributed by atoms with Crippen molar-refractivity contribution in [3.05, 3.63) is 76.7 Å². The summed E-state index contributed by atoms with van der Waals surface area (Å²) in [6.07, 6.45) is 3.15. The van der Waals surface area contributed by atoms with Gasteiger partial charge in [0.05, 0.1) is 11.3 Å². The van der Waals surface area contributed by atoms with Gasteiger partial charge in [0.15, 0.2) is 11.6 Å². The van der Waals surface area contributed by atoms with E-state index in [1.54, 1.807) is 29.4 Å². The average molecular weight is 330 g/mol. The molecule has 0 bridgehead atoms. The second-order valence-electron chi connectivity index (χ2n) is 5.03. The summed E-state index contributed by atoms with van der Waals surface area (Å²) in [6, 6.07) is 7.60.